The zero-order chi connectivity index (χ0) is 4.99. The van der Waals surface area contributed by atoms with E-state index in [0.29, 0.717) is 0 Å². The minimum Gasteiger partial charge on any atom is -0.409 e. The molecule has 0 unspecified atom stereocenters. The molecule has 0 atom stereocenters. The normalized spacial score (nSPS) is 8.88. The SMILES string of the molecule is Br.Br.NC/C(N)=N/O. The van der Waals surface area contributed by atoms with Crippen molar-refractivity contribution in [3.8, 4) is 0 Å². The smallest absolute Gasteiger partial charge is 0.152 e. The lowest BCUT2D eigenvalue weighted by Gasteiger charge is -1.83. The van der Waals surface area contributed by atoms with Gasteiger partial charge in [0.1, 0.15) is 0 Å². The first kappa shape index (κ1) is 15.7. The van der Waals surface area contributed by atoms with Crippen molar-refractivity contribution in [1.29, 1.82) is 0 Å². The van der Waals surface area contributed by atoms with Crippen LogP contribution in [0.2, 0.25) is 0 Å². The second-order valence-corrected chi connectivity index (χ2v) is 0.795. The molecule has 0 aliphatic heterocycles. The van der Waals surface area contributed by atoms with Crippen molar-refractivity contribution in [3.05, 3.63) is 0 Å². The molecule has 0 saturated carbocycles. The number of hydrogen-bond donors (Lipinski definition) is 3. The van der Waals surface area contributed by atoms with Crippen LogP contribution in [0.25, 0.3) is 0 Å². The molecule has 0 saturated heterocycles. The Hall–Kier alpha value is 0.190. The third-order valence-corrected chi connectivity index (χ3v) is 0.338. The van der Waals surface area contributed by atoms with E-state index in [1.165, 1.54) is 0 Å². The zero-order valence-electron chi connectivity index (χ0n) is 4.07. The van der Waals surface area contributed by atoms with Gasteiger partial charge in [0.2, 0.25) is 0 Å². The Kier molecular flexibility index (Phi) is 20.1. The molecule has 0 amide bonds. The molecule has 0 aliphatic carbocycles. The van der Waals surface area contributed by atoms with E-state index in [-0.39, 0.29) is 46.3 Å². The molecule has 6 heteroatoms. The van der Waals surface area contributed by atoms with Gasteiger partial charge in [-0.2, -0.15) is 0 Å². The van der Waals surface area contributed by atoms with Crippen molar-refractivity contribution in [2.75, 3.05) is 6.54 Å². The summed E-state index contributed by atoms with van der Waals surface area (Å²) in [6.45, 7) is 0.108. The fourth-order valence-corrected chi connectivity index (χ4v) is 0.0408. The van der Waals surface area contributed by atoms with Gasteiger partial charge in [-0.1, -0.05) is 5.16 Å². The number of hydrogen-bond acceptors (Lipinski definition) is 3. The third kappa shape index (κ3) is 9.50. The summed E-state index contributed by atoms with van der Waals surface area (Å²) in [4.78, 5) is 0. The number of nitrogens with zero attached hydrogens (tertiary/aromatic N) is 1. The highest BCUT2D eigenvalue weighted by Gasteiger charge is 1.78. The first-order chi connectivity index (χ1) is 2.81. The maximum Gasteiger partial charge on any atom is 0.152 e. The van der Waals surface area contributed by atoms with Gasteiger partial charge in [0.15, 0.2) is 5.84 Å². The van der Waals surface area contributed by atoms with Gasteiger partial charge in [0.05, 0.1) is 6.54 Å². The maximum atomic E-state index is 7.72. The molecular formula is C2H9Br2N3O. The lowest BCUT2D eigenvalue weighted by atomic mass is 10.6. The summed E-state index contributed by atoms with van der Waals surface area (Å²) in [5.74, 6) is 0.0509. The van der Waals surface area contributed by atoms with Crippen molar-refractivity contribution >= 4 is 39.8 Å². The van der Waals surface area contributed by atoms with Crippen molar-refractivity contribution in [3.63, 3.8) is 0 Å². The number of oxime groups is 1. The molecule has 0 aromatic rings. The second kappa shape index (κ2) is 10.2. The first-order valence-electron chi connectivity index (χ1n) is 1.47. The van der Waals surface area contributed by atoms with Crippen LogP contribution in [-0.2, 0) is 0 Å². The average molecular weight is 251 g/mol. The van der Waals surface area contributed by atoms with E-state index >= 15 is 0 Å². The fraction of sp³-hybridized carbons (Fsp3) is 0.500. The number of nitrogens with two attached hydrogens (primary N) is 2. The number of amidine groups is 1. The Morgan fingerprint density at radius 2 is 1.88 bits per heavy atom. The van der Waals surface area contributed by atoms with Crippen LogP contribution < -0.4 is 11.5 Å². The molecule has 0 radical (unpaired) electrons. The minimum absolute atomic E-state index is 0. The topological polar surface area (TPSA) is 84.6 Å². The Balaban J connectivity index is -0.000000125. The van der Waals surface area contributed by atoms with Gasteiger partial charge >= 0.3 is 0 Å². The van der Waals surface area contributed by atoms with Crippen LogP contribution in [0.1, 0.15) is 0 Å². The lowest BCUT2D eigenvalue weighted by Crippen LogP contribution is -2.22. The van der Waals surface area contributed by atoms with E-state index in [1.807, 2.05) is 0 Å². The summed E-state index contributed by atoms with van der Waals surface area (Å²) < 4.78 is 0. The number of halogens is 2. The molecule has 4 nitrogen and oxygen atoms in total. The Labute approximate surface area is 68.5 Å². The van der Waals surface area contributed by atoms with Crippen LogP contribution in [0, 0.1) is 0 Å². The summed E-state index contributed by atoms with van der Waals surface area (Å²) in [6.07, 6.45) is 0. The van der Waals surface area contributed by atoms with Crippen molar-refractivity contribution in [2.24, 2.45) is 16.6 Å². The summed E-state index contributed by atoms with van der Waals surface area (Å²) in [6, 6.07) is 0. The molecule has 5 N–H and O–H groups in total. The maximum absolute atomic E-state index is 7.72. The predicted octanol–water partition coefficient (Wildman–Crippen LogP) is -0.153. The number of rotatable bonds is 1. The second-order valence-electron chi connectivity index (χ2n) is 0.795. The molecule has 0 bridgehead atoms. The van der Waals surface area contributed by atoms with E-state index in [0.717, 1.165) is 0 Å². The molecule has 0 rings (SSSR count). The van der Waals surface area contributed by atoms with Gasteiger partial charge in [-0.15, -0.1) is 34.0 Å². The van der Waals surface area contributed by atoms with E-state index < -0.39 is 0 Å². The minimum atomic E-state index is 0. The fourth-order valence-electron chi connectivity index (χ4n) is 0.0408. The van der Waals surface area contributed by atoms with Crippen molar-refractivity contribution in [2.45, 2.75) is 0 Å². The highest BCUT2D eigenvalue weighted by atomic mass is 79.9. The summed E-state index contributed by atoms with van der Waals surface area (Å²) in [7, 11) is 0. The van der Waals surface area contributed by atoms with Gasteiger partial charge in [-0.3, -0.25) is 0 Å². The monoisotopic (exact) mass is 249 g/mol. The van der Waals surface area contributed by atoms with Crippen LogP contribution in [0.3, 0.4) is 0 Å². The Morgan fingerprint density at radius 3 is 1.88 bits per heavy atom. The molecular weight excluding hydrogens is 242 g/mol. The largest absolute Gasteiger partial charge is 0.409 e. The van der Waals surface area contributed by atoms with Gasteiger partial charge in [0.25, 0.3) is 0 Å². The summed E-state index contributed by atoms with van der Waals surface area (Å²) in [5.41, 5.74) is 9.71. The molecule has 0 fully saturated rings. The van der Waals surface area contributed by atoms with Gasteiger partial charge in [-0.25, -0.2) is 0 Å². The molecule has 0 aromatic carbocycles. The summed E-state index contributed by atoms with van der Waals surface area (Å²) >= 11 is 0. The van der Waals surface area contributed by atoms with E-state index in [2.05, 4.69) is 5.16 Å². The molecule has 0 aliphatic rings. The van der Waals surface area contributed by atoms with E-state index in [1.54, 1.807) is 0 Å². The van der Waals surface area contributed by atoms with Crippen LogP contribution in [-0.4, -0.2) is 17.6 Å². The molecule has 0 aromatic heterocycles. The third-order valence-electron chi connectivity index (χ3n) is 0.338. The Morgan fingerprint density at radius 1 is 1.50 bits per heavy atom. The van der Waals surface area contributed by atoms with Gasteiger partial charge in [0, 0.05) is 0 Å². The quantitative estimate of drug-likeness (QED) is 0.262. The van der Waals surface area contributed by atoms with Gasteiger partial charge in [-0.05, 0) is 0 Å². The average Bonchev–Trinajstić information content (AvgIpc) is 1.65. The van der Waals surface area contributed by atoms with Crippen LogP contribution in [0.5, 0.6) is 0 Å². The summed E-state index contributed by atoms with van der Waals surface area (Å²) in [5, 5.41) is 10.3. The van der Waals surface area contributed by atoms with E-state index in [9.17, 15) is 0 Å². The molecule has 0 heterocycles. The highest BCUT2D eigenvalue weighted by Crippen LogP contribution is 1.52. The van der Waals surface area contributed by atoms with Gasteiger partial charge < -0.3 is 16.7 Å². The van der Waals surface area contributed by atoms with E-state index in [4.69, 9.17) is 16.7 Å². The van der Waals surface area contributed by atoms with Crippen molar-refractivity contribution < 1.29 is 5.21 Å². The molecule has 52 valence electrons. The zero-order valence-corrected chi connectivity index (χ0v) is 7.50. The van der Waals surface area contributed by atoms with Crippen molar-refractivity contribution in [1.82, 2.24) is 0 Å². The molecule has 0 spiro atoms. The standard InChI is InChI=1S/C2H7N3O.2BrH/c3-1-2(4)5-6;;/h6H,1,3H2,(H2,4,5);2*1H. The Bertz CT molecular complexity index is 66.3. The predicted molar refractivity (Wildman–Crippen MR) is 43.1 cm³/mol. The lowest BCUT2D eigenvalue weighted by molar-refractivity contribution is 0.317. The first-order valence-corrected chi connectivity index (χ1v) is 1.47. The van der Waals surface area contributed by atoms with Crippen LogP contribution >= 0.6 is 34.0 Å². The van der Waals surface area contributed by atoms with Crippen LogP contribution in [0.15, 0.2) is 5.16 Å². The molecule has 8 heavy (non-hydrogen) atoms. The highest BCUT2D eigenvalue weighted by molar-refractivity contribution is 8.93. The van der Waals surface area contributed by atoms with Crippen LogP contribution in [0.4, 0.5) is 0 Å².